The molecule has 3 rings (SSSR count). The van der Waals surface area contributed by atoms with E-state index in [0.717, 1.165) is 0 Å². The van der Waals surface area contributed by atoms with E-state index < -0.39 is 13.6 Å². The van der Waals surface area contributed by atoms with Crippen molar-refractivity contribution in [3.05, 3.63) is 88.7 Å². The molecule has 0 aliphatic heterocycles. The van der Waals surface area contributed by atoms with E-state index in [1.54, 1.807) is 30.3 Å². The van der Waals surface area contributed by atoms with Crippen molar-refractivity contribution < 1.29 is 18.0 Å². The van der Waals surface area contributed by atoms with Crippen molar-refractivity contribution in [3.63, 3.8) is 0 Å². The number of anilines is 1. The molecule has 1 N–H and O–H groups in total. The largest absolute Gasteiger partial charge is 0.541 e. The number of nitrogens with one attached hydrogen (secondary N) is 1. The molecule has 0 atom stereocenters. The van der Waals surface area contributed by atoms with Crippen LogP contribution in [0, 0.1) is 5.82 Å². The first-order valence-electron chi connectivity index (χ1n) is 7.47. The van der Waals surface area contributed by atoms with Crippen LogP contribution in [0.2, 0.25) is 10.0 Å². The Hall–Kier alpha value is -2.20. The summed E-state index contributed by atoms with van der Waals surface area (Å²) in [6, 6.07) is 18.2. The first-order chi connectivity index (χ1) is 12.4. The van der Waals surface area contributed by atoms with Crippen LogP contribution >= 0.6 is 30.9 Å². The third-order valence-corrected chi connectivity index (χ3v) is 5.13. The highest BCUT2D eigenvalue weighted by Crippen LogP contribution is 2.49. The molecule has 0 unspecified atom stereocenters. The van der Waals surface area contributed by atoms with Crippen molar-refractivity contribution in [3.8, 4) is 11.5 Å². The molecule has 0 heterocycles. The highest BCUT2D eigenvalue weighted by atomic mass is 35.5. The van der Waals surface area contributed by atoms with Gasteiger partial charge in [-0.05, 0) is 60.7 Å². The Balaban J connectivity index is 1.91. The maximum absolute atomic E-state index is 14.0. The molecule has 0 spiro atoms. The minimum Gasteiger partial charge on any atom is -0.400 e. The molecule has 0 fully saturated rings. The van der Waals surface area contributed by atoms with E-state index in [-0.39, 0.29) is 17.2 Å². The molecule has 0 saturated heterocycles. The predicted octanol–water partition coefficient (Wildman–Crippen LogP) is 6.81. The lowest BCUT2D eigenvalue weighted by Crippen LogP contribution is -2.10. The summed E-state index contributed by atoms with van der Waals surface area (Å²) >= 11 is 11.7. The van der Waals surface area contributed by atoms with Crippen LogP contribution in [0.5, 0.6) is 11.5 Å². The number of para-hydroxylation sites is 1. The third-order valence-electron chi connectivity index (χ3n) is 3.21. The van der Waals surface area contributed by atoms with Gasteiger partial charge >= 0.3 is 7.75 Å². The Kier molecular flexibility index (Phi) is 5.72. The van der Waals surface area contributed by atoms with Crippen molar-refractivity contribution in [1.82, 2.24) is 0 Å². The molecule has 3 aromatic carbocycles. The first-order valence-corrected chi connectivity index (χ1v) is 9.77. The van der Waals surface area contributed by atoms with E-state index in [9.17, 15) is 8.96 Å². The van der Waals surface area contributed by atoms with E-state index in [1.807, 2.05) is 0 Å². The Morgan fingerprint density at radius 3 is 1.69 bits per heavy atom. The van der Waals surface area contributed by atoms with Gasteiger partial charge in [-0.1, -0.05) is 35.3 Å². The summed E-state index contributed by atoms with van der Waals surface area (Å²) in [5, 5.41) is 3.51. The predicted molar refractivity (Wildman–Crippen MR) is 102 cm³/mol. The van der Waals surface area contributed by atoms with Gasteiger partial charge in [0.25, 0.3) is 0 Å². The second kappa shape index (κ2) is 8.00. The van der Waals surface area contributed by atoms with Gasteiger partial charge in [-0.15, -0.1) is 0 Å². The van der Waals surface area contributed by atoms with Crippen molar-refractivity contribution in [1.29, 1.82) is 0 Å². The second-order valence-corrected chi connectivity index (χ2v) is 7.64. The Morgan fingerprint density at radius 1 is 0.769 bits per heavy atom. The zero-order valence-electron chi connectivity index (χ0n) is 13.2. The van der Waals surface area contributed by atoms with E-state index in [4.69, 9.17) is 32.2 Å². The molecule has 134 valence electrons. The molecule has 0 amide bonds. The van der Waals surface area contributed by atoms with E-state index in [2.05, 4.69) is 5.09 Å². The smallest absolute Gasteiger partial charge is 0.400 e. The molecule has 8 heteroatoms. The molecule has 0 aliphatic rings. The summed E-state index contributed by atoms with van der Waals surface area (Å²) < 4.78 is 38.3. The van der Waals surface area contributed by atoms with Crippen LogP contribution in [0.15, 0.2) is 72.8 Å². The number of rotatable bonds is 6. The molecular formula is C18H13Cl2FNO3P. The summed E-state index contributed by atoms with van der Waals surface area (Å²) in [4.78, 5) is 0. The maximum Gasteiger partial charge on any atom is 0.541 e. The SMILES string of the molecule is O=P(Nc1ccccc1F)(Oc1ccc(Cl)cc1)Oc1ccc(Cl)cc1. The first kappa shape index (κ1) is 18.6. The van der Waals surface area contributed by atoms with Crippen LogP contribution < -0.4 is 14.1 Å². The molecule has 0 aromatic heterocycles. The molecule has 0 aliphatic carbocycles. The average molecular weight is 412 g/mol. The minimum absolute atomic E-state index is 0.0150. The molecule has 0 saturated carbocycles. The van der Waals surface area contributed by atoms with Gasteiger partial charge in [0.1, 0.15) is 17.3 Å². The fraction of sp³-hybridized carbons (Fsp3) is 0. The van der Waals surface area contributed by atoms with E-state index in [0.29, 0.717) is 10.0 Å². The standard InChI is InChI=1S/C18H13Cl2FNO3P/c19-13-5-9-15(10-6-13)24-26(23,22-18-4-2-1-3-17(18)21)25-16-11-7-14(20)8-12-16/h1-12H,(H,22,23). The third kappa shape index (κ3) is 4.92. The summed E-state index contributed by atoms with van der Waals surface area (Å²) in [5.41, 5.74) is -0.0150. The van der Waals surface area contributed by atoms with Gasteiger partial charge in [-0.2, -0.15) is 0 Å². The molecule has 26 heavy (non-hydrogen) atoms. The number of benzene rings is 3. The molecule has 3 aromatic rings. The van der Waals surface area contributed by atoms with Gasteiger partial charge in [0.05, 0.1) is 5.69 Å². The zero-order valence-corrected chi connectivity index (χ0v) is 15.6. The highest BCUT2D eigenvalue weighted by Gasteiger charge is 2.30. The highest BCUT2D eigenvalue weighted by molar-refractivity contribution is 7.56. The van der Waals surface area contributed by atoms with Crippen LogP contribution in [-0.2, 0) is 4.57 Å². The fourth-order valence-corrected chi connectivity index (χ4v) is 3.69. The van der Waals surface area contributed by atoms with Crippen molar-refractivity contribution >= 4 is 36.6 Å². The van der Waals surface area contributed by atoms with Gasteiger partial charge in [-0.3, -0.25) is 5.09 Å². The van der Waals surface area contributed by atoms with E-state index >= 15 is 0 Å². The van der Waals surface area contributed by atoms with Crippen LogP contribution in [0.3, 0.4) is 0 Å². The minimum atomic E-state index is -4.02. The lowest BCUT2D eigenvalue weighted by Gasteiger charge is -2.21. The van der Waals surface area contributed by atoms with Gasteiger partial charge < -0.3 is 9.05 Å². The zero-order chi connectivity index (χ0) is 18.6. The lowest BCUT2D eigenvalue weighted by molar-refractivity contribution is 0.392. The monoisotopic (exact) mass is 411 g/mol. The Labute approximate surface area is 160 Å². The summed E-state index contributed by atoms with van der Waals surface area (Å²) in [5.74, 6) is -0.0989. The summed E-state index contributed by atoms with van der Waals surface area (Å²) in [7, 11) is -4.02. The molecule has 0 bridgehead atoms. The fourth-order valence-electron chi connectivity index (χ4n) is 2.03. The van der Waals surface area contributed by atoms with Crippen LogP contribution in [0.1, 0.15) is 0 Å². The van der Waals surface area contributed by atoms with Gasteiger partial charge in [-0.25, -0.2) is 8.96 Å². The van der Waals surface area contributed by atoms with Gasteiger partial charge in [0.15, 0.2) is 0 Å². The summed E-state index contributed by atoms with van der Waals surface area (Å²) in [6.07, 6.45) is 0. The number of hydrogen-bond donors (Lipinski definition) is 1. The van der Waals surface area contributed by atoms with Crippen LogP contribution in [-0.4, -0.2) is 0 Å². The maximum atomic E-state index is 14.0. The van der Waals surface area contributed by atoms with Crippen molar-refractivity contribution in [2.75, 3.05) is 5.09 Å². The van der Waals surface area contributed by atoms with Crippen LogP contribution in [0.4, 0.5) is 10.1 Å². The summed E-state index contributed by atoms with van der Waals surface area (Å²) in [6.45, 7) is 0. The van der Waals surface area contributed by atoms with Crippen molar-refractivity contribution in [2.24, 2.45) is 0 Å². The van der Waals surface area contributed by atoms with Crippen molar-refractivity contribution in [2.45, 2.75) is 0 Å². The Morgan fingerprint density at radius 2 is 1.23 bits per heavy atom. The molecule has 4 nitrogen and oxygen atoms in total. The van der Waals surface area contributed by atoms with E-state index in [1.165, 1.54) is 42.5 Å². The average Bonchev–Trinajstić information content (AvgIpc) is 2.61. The number of hydrogen-bond acceptors (Lipinski definition) is 3. The van der Waals surface area contributed by atoms with Gasteiger partial charge in [0.2, 0.25) is 0 Å². The molecule has 0 radical (unpaired) electrons. The number of halogens is 3. The van der Waals surface area contributed by atoms with Gasteiger partial charge in [0, 0.05) is 10.0 Å². The molecular weight excluding hydrogens is 399 g/mol. The Bertz CT molecular complexity index is 884. The normalized spacial score (nSPS) is 11.0. The quantitative estimate of drug-likeness (QED) is 0.452. The van der Waals surface area contributed by atoms with Crippen LogP contribution in [0.25, 0.3) is 0 Å². The second-order valence-electron chi connectivity index (χ2n) is 5.18. The topological polar surface area (TPSA) is 47.6 Å². The lowest BCUT2D eigenvalue weighted by atomic mass is 10.3.